The minimum Gasteiger partial charge on any atom is -0.248 e. The van der Waals surface area contributed by atoms with E-state index in [9.17, 15) is 0 Å². The van der Waals surface area contributed by atoms with Crippen LogP contribution in [0.15, 0.2) is 61.5 Å². The summed E-state index contributed by atoms with van der Waals surface area (Å²) >= 11 is 0. The molecule has 1 aliphatic heterocycles. The minimum absolute atomic E-state index is 0.394. The number of hydrogen-bond donors (Lipinski definition) is 1. The highest BCUT2D eigenvalue weighted by molar-refractivity contribution is 5.28. The van der Waals surface area contributed by atoms with Gasteiger partial charge in [-0.15, -0.1) is 0 Å². The molecule has 0 amide bonds. The van der Waals surface area contributed by atoms with Crippen molar-refractivity contribution >= 4 is 0 Å². The molecule has 2 unspecified atom stereocenters. The van der Waals surface area contributed by atoms with Gasteiger partial charge in [-0.2, -0.15) is 0 Å². The van der Waals surface area contributed by atoms with E-state index in [1.807, 2.05) is 18.3 Å². The van der Waals surface area contributed by atoms with Crippen molar-refractivity contribution in [3.05, 3.63) is 67.3 Å². The average molecular weight is 227 g/mol. The summed E-state index contributed by atoms with van der Waals surface area (Å²) in [4.78, 5) is 3.30. The van der Waals surface area contributed by atoms with Crippen LogP contribution in [0, 0.1) is 5.92 Å². The van der Waals surface area contributed by atoms with Gasteiger partial charge in [0.2, 0.25) is 0 Å². The molecule has 1 aliphatic rings. The monoisotopic (exact) mass is 227 g/mol. The Balaban J connectivity index is 2.37. The summed E-state index contributed by atoms with van der Waals surface area (Å²) in [6.45, 7) is 9.80. The van der Waals surface area contributed by atoms with Crippen molar-refractivity contribution in [1.82, 2.24) is 4.98 Å². The molecular weight excluding hydrogens is 208 g/mol. The predicted molar refractivity (Wildman–Crippen MR) is 70.5 cm³/mol. The van der Waals surface area contributed by atoms with Crippen LogP contribution >= 0.6 is 0 Å². The number of aromatic nitrogens is 2. The number of nitrogens with zero attached hydrogens (tertiary/aromatic N) is 1. The van der Waals surface area contributed by atoms with Gasteiger partial charge in [0.1, 0.15) is 18.4 Å². The predicted octanol–water partition coefficient (Wildman–Crippen LogP) is 2.89. The van der Waals surface area contributed by atoms with Crippen molar-refractivity contribution in [2.75, 3.05) is 0 Å². The molecule has 0 spiro atoms. The van der Waals surface area contributed by atoms with E-state index >= 15 is 0 Å². The number of rotatable bonds is 4. The zero-order chi connectivity index (χ0) is 12.3. The van der Waals surface area contributed by atoms with E-state index in [1.54, 1.807) is 6.08 Å². The maximum absolute atomic E-state index is 3.80. The second-order valence-electron chi connectivity index (χ2n) is 4.44. The lowest BCUT2D eigenvalue weighted by Gasteiger charge is -2.14. The van der Waals surface area contributed by atoms with Crippen molar-refractivity contribution in [2.45, 2.75) is 19.4 Å². The molecule has 88 valence electrons. The molecule has 0 bridgehead atoms. The van der Waals surface area contributed by atoms with Crippen LogP contribution in [0.4, 0.5) is 0 Å². The SMILES string of the molecule is C=C/C=C\C(=C/C=C)C1C(C)Cc2[nH]cc[n+]21. The third-order valence-electron chi connectivity index (χ3n) is 3.23. The van der Waals surface area contributed by atoms with Crippen LogP contribution in [0.1, 0.15) is 18.8 Å². The molecule has 0 aliphatic carbocycles. The molecule has 1 aromatic rings. The van der Waals surface area contributed by atoms with Gasteiger partial charge in [0.15, 0.2) is 0 Å². The first-order chi connectivity index (χ1) is 8.27. The lowest BCUT2D eigenvalue weighted by Crippen LogP contribution is -2.38. The van der Waals surface area contributed by atoms with Gasteiger partial charge in [-0.05, 0) is 5.57 Å². The summed E-state index contributed by atoms with van der Waals surface area (Å²) in [5.41, 5.74) is 1.27. The third-order valence-corrected chi connectivity index (χ3v) is 3.23. The van der Waals surface area contributed by atoms with Gasteiger partial charge in [0, 0.05) is 5.92 Å². The molecule has 0 radical (unpaired) electrons. The average Bonchev–Trinajstić information content (AvgIpc) is 2.84. The zero-order valence-electron chi connectivity index (χ0n) is 10.3. The number of nitrogens with one attached hydrogen (secondary N) is 1. The normalized spacial score (nSPS) is 23.9. The third kappa shape index (κ3) is 2.16. The molecule has 2 heteroatoms. The summed E-state index contributed by atoms with van der Waals surface area (Å²) in [5.74, 6) is 1.90. The zero-order valence-corrected chi connectivity index (χ0v) is 10.3. The van der Waals surface area contributed by atoms with Crippen LogP contribution in [0.3, 0.4) is 0 Å². The van der Waals surface area contributed by atoms with Crippen LogP contribution in [0.5, 0.6) is 0 Å². The summed E-state index contributed by atoms with van der Waals surface area (Å²) in [5, 5.41) is 0. The van der Waals surface area contributed by atoms with Crippen LogP contribution in [0.25, 0.3) is 0 Å². The summed E-state index contributed by atoms with van der Waals surface area (Å²) in [6.07, 6.45) is 15.0. The van der Waals surface area contributed by atoms with Gasteiger partial charge in [0.05, 0.1) is 6.42 Å². The molecule has 17 heavy (non-hydrogen) atoms. The Morgan fingerprint density at radius 1 is 1.47 bits per heavy atom. The summed E-state index contributed by atoms with van der Waals surface area (Å²) < 4.78 is 2.31. The van der Waals surface area contributed by atoms with Crippen molar-refractivity contribution in [3.8, 4) is 0 Å². The van der Waals surface area contributed by atoms with Gasteiger partial charge in [-0.3, -0.25) is 0 Å². The van der Waals surface area contributed by atoms with E-state index in [0.29, 0.717) is 12.0 Å². The molecule has 0 saturated heterocycles. The Morgan fingerprint density at radius 2 is 2.29 bits per heavy atom. The van der Waals surface area contributed by atoms with Crippen LogP contribution in [-0.2, 0) is 6.42 Å². The number of allylic oxidation sites excluding steroid dienone is 6. The minimum atomic E-state index is 0.394. The second kappa shape index (κ2) is 5.00. The second-order valence-corrected chi connectivity index (χ2v) is 4.44. The molecule has 2 nitrogen and oxygen atoms in total. The topological polar surface area (TPSA) is 19.7 Å². The molecule has 0 aromatic carbocycles. The molecule has 2 rings (SSSR count). The number of H-pyrrole nitrogens is 1. The number of fused-ring (bicyclic) bond motifs is 1. The first-order valence-corrected chi connectivity index (χ1v) is 5.97. The Morgan fingerprint density at radius 3 is 3.00 bits per heavy atom. The van der Waals surface area contributed by atoms with E-state index in [4.69, 9.17) is 0 Å². The van der Waals surface area contributed by atoms with Crippen LogP contribution < -0.4 is 4.57 Å². The number of aromatic amines is 1. The van der Waals surface area contributed by atoms with Crippen LogP contribution in [0.2, 0.25) is 0 Å². The van der Waals surface area contributed by atoms with E-state index in [2.05, 4.69) is 48.0 Å². The maximum Gasteiger partial charge on any atom is 0.255 e. The Hall–Kier alpha value is -1.83. The van der Waals surface area contributed by atoms with Crippen molar-refractivity contribution < 1.29 is 4.57 Å². The van der Waals surface area contributed by atoms with Crippen molar-refractivity contribution in [3.63, 3.8) is 0 Å². The molecule has 2 heterocycles. The van der Waals surface area contributed by atoms with Gasteiger partial charge < -0.3 is 0 Å². The standard InChI is InChI=1S/C15H18N2/c1-4-6-8-13(7-5-2)15-12(3)11-14-16-9-10-17(14)15/h4-10,12,15H,1-2,11H2,3H3/p+1/b8-6-,13-7+. The molecule has 0 fully saturated rings. The van der Waals surface area contributed by atoms with E-state index < -0.39 is 0 Å². The summed E-state index contributed by atoms with van der Waals surface area (Å²) in [7, 11) is 0. The fourth-order valence-electron chi connectivity index (χ4n) is 2.55. The molecule has 1 N–H and O–H groups in total. The Bertz CT molecular complexity index is 477. The Kier molecular flexibility index (Phi) is 3.43. The largest absolute Gasteiger partial charge is 0.255 e. The quantitative estimate of drug-likeness (QED) is 0.603. The van der Waals surface area contributed by atoms with Gasteiger partial charge in [0.25, 0.3) is 5.82 Å². The molecule has 2 atom stereocenters. The van der Waals surface area contributed by atoms with Crippen molar-refractivity contribution in [2.24, 2.45) is 5.92 Å². The molecular formula is C15H19N2+. The molecule has 0 saturated carbocycles. The highest BCUT2D eigenvalue weighted by Crippen LogP contribution is 2.30. The number of imidazole rings is 1. The van der Waals surface area contributed by atoms with Crippen molar-refractivity contribution in [1.29, 1.82) is 0 Å². The van der Waals surface area contributed by atoms with E-state index in [0.717, 1.165) is 6.42 Å². The summed E-state index contributed by atoms with van der Waals surface area (Å²) in [6, 6.07) is 0.394. The lowest BCUT2D eigenvalue weighted by atomic mass is 9.94. The van der Waals surface area contributed by atoms with Gasteiger partial charge >= 0.3 is 0 Å². The maximum atomic E-state index is 3.80. The first-order valence-electron chi connectivity index (χ1n) is 5.97. The lowest BCUT2D eigenvalue weighted by molar-refractivity contribution is -0.710. The van der Waals surface area contributed by atoms with Gasteiger partial charge in [-0.25, -0.2) is 9.55 Å². The highest BCUT2D eigenvalue weighted by atomic mass is 15.1. The van der Waals surface area contributed by atoms with Gasteiger partial charge in [-0.1, -0.05) is 50.5 Å². The van der Waals surface area contributed by atoms with Crippen LogP contribution in [-0.4, -0.2) is 4.98 Å². The number of hydrogen-bond acceptors (Lipinski definition) is 0. The first kappa shape index (κ1) is 11.6. The Labute approximate surface area is 103 Å². The van der Waals surface area contributed by atoms with E-state index in [-0.39, 0.29) is 0 Å². The highest BCUT2D eigenvalue weighted by Gasteiger charge is 2.36. The smallest absolute Gasteiger partial charge is 0.248 e. The fraction of sp³-hybridized carbons (Fsp3) is 0.267. The molecule has 1 aromatic heterocycles. The van der Waals surface area contributed by atoms with E-state index in [1.165, 1.54) is 11.4 Å². The fourth-order valence-corrected chi connectivity index (χ4v) is 2.55.